The first-order valence-electron chi connectivity index (χ1n) is 8.73. The Morgan fingerprint density at radius 1 is 1.04 bits per heavy atom. The van der Waals surface area contributed by atoms with Crippen molar-refractivity contribution in [3.8, 4) is 0 Å². The van der Waals surface area contributed by atoms with Crippen LogP contribution in [-0.4, -0.2) is 26.6 Å². The quantitative estimate of drug-likeness (QED) is 0.791. The molecule has 2 atom stereocenters. The first kappa shape index (κ1) is 21.8. The van der Waals surface area contributed by atoms with Gasteiger partial charge >= 0.3 is 0 Å². The highest BCUT2D eigenvalue weighted by atomic mass is 32.2. The van der Waals surface area contributed by atoms with Crippen LogP contribution in [0.5, 0.6) is 0 Å². The molecule has 2 aromatic rings. The van der Waals surface area contributed by atoms with Crippen molar-refractivity contribution in [1.82, 2.24) is 5.32 Å². The average Bonchev–Trinajstić information content (AvgIpc) is 2.58. The summed E-state index contributed by atoms with van der Waals surface area (Å²) in [4.78, 5) is 12.8. The van der Waals surface area contributed by atoms with Gasteiger partial charge in [-0.25, -0.2) is 17.2 Å². The molecular weight excluding hydrogens is 386 g/mol. The average molecular weight is 410 g/mol. The van der Waals surface area contributed by atoms with Crippen LogP contribution in [0, 0.1) is 25.5 Å². The zero-order chi connectivity index (χ0) is 21.2. The predicted molar refractivity (Wildman–Crippen MR) is 106 cm³/mol. The number of carbonyl (C=O) groups is 1. The number of rotatable bonds is 6. The van der Waals surface area contributed by atoms with E-state index in [0.29, 0.717) is 0 Å². The predicted octanol–water partition coefficient (Wildman–Crippen LogP) is 3.61. The second-order valence-corrected chi connectivity index (χ2v) is 8.78. The maximum atomic E-state index is 13.6. The Hall–Kier alpha value is -2.48. The van der Waals surface area contributed by atoms with Crippen LogP contribution < -0.4 is 9.62 Å². The molecule has 1 N–H and O–H groups in total. The normalized spacial score (nSPS) is 13.7. The number of halogens is 2. The molecule has 1 amide bonds. The van der Waals surface area contributed by atoms with Crippen LogP contribution in [0.4, 0.5) is 14.5 Å². The fourth-order valence-corrected chi connectivity index (χ4v) is 4.24. The van der Waals surface area contributed by atoms with Crippen molar-refractivity contribution in [2.24, 2.45) is 0 Å². The molecule has 2 aromatic carbocycles. The lowest BCUT2D eigenvalue weighted by molar-refractivity contribution is -0.122. The van der Waals surface area contributed by atoms with Crippen LogP contribution in [0.1, 0.15) is 36.6 Å². The van der Waals surface area contributed by atoms with E-state index >= 15 is 0 Å². The van der Waals surface area contributed by atoms with E-state index in [1.54, 1.807) is 6.92 Å². The largest absolute Gasteiger partial charge is 0.348 e. The molecular formula is C20H24F2N2O3S. The summed E-state index contributed by atoms with van der Waals surface area (Å²) in [5.74, 6) is -2.84. The molecule has 0 radical (unpaired) electrons. The third-order valence-electron chi connectivity index (χ3n) is 4.51. The molecule has 8 heteroatoms. The second kappa shape index (κ2) is 8.26. The van der Waals surface area contributed by atoms with E-state index < -0.39 is 33.6 Å². The van der Waals surface area contributed by atoms with E-state index in [4.69, 9.17) is 0 Å². The lowest BCUT2D eigenvalue weighted by Crippen LogP contribution is -2.48. The number of amides is 1. The standard InChI is InChI=1S/C20H24F2N2O3S/c1-12-6-7-13(2)17(10-12)14(3)23-20(25)15(4)24(28(5,26)27)16-8-9-18(21)19(22)11-16/h6-11,14-15H,1-5H3,(H,23,25). The molecule has 0 aromatic heterocycles. The van der Waals surface area contributed by atoms with Crippen molar-refractivity contribution in [2.45, 2.75) is 39.8 Å². The van der Waals surface area contributed by atoms with Gasteiger partial charge in [-0.3, -0.25) is 9.10 Å². The molecule has 5 nitrogen and oxygen atoms in total. The molecule has 0 aliphatic carbocycles. The summed E-state index contributed by atoms with van der Waals surface area (Å²) in [5, 5.41) is 2.80. The van der Waals surface area contributed by atoms with E-state index in [1.165, 1.54) is 6.92 Å². The number of carbonyl (C=O) groups excluding carboxylic acids is 1. The van der Waals surface area contributed by atoms with Gasteiger partial charge in [0.25, 0.3) is 0 Å². The molecule has 152 valence electrons. The van der Waals surface area contributed by atoms with E-state index in [2.05, 4.69) is 5.32 Å². The van der Waals surface area contributed by atoms with Crippen molar-refractivity contribution in [1.29, 1.82) is 0 Å². The highest BCUT2D eigenvalue weighted by Crippen LogP contribution is 2.24. The van der Waals surface area contributed by atoms with Gasteiger partial charge in [-0.2, -0.15) is 0 Å². The molecule has 0 spiro atoms. The molecule has 0 aliphatic heterocycles. The maximum Gasteiger partial charge on any atom is 0.244 e. The van der Waals surface area contributed by atoms with Gasteiger partial charge < -0.3 is 5.32 Å². The van der Waals surface area contributed by atoms with E-state index in [9.17, 15) is 22.0 Å². The van der Waals surface area contributed by atoms with Crippen molar-refractivity contribution in [3.05, 3.63) is 64.7 Å². The first-order chi connectivity index (χ1) is 12.9. The summed E-state index contributed by atoms with van der Waals surface area (Å²) >= 11 is 0. The number of sulfonamides is 1. The molecule has 0 heterocycles. The molecule has 0 aliphatic rings. The van der Waals surface area contributed by atoms with E-state index in [-0.39, 0.29) is 11.7 Å². The number of aryl methyl sites for hydroxylation is 2. The SMILES string of the molecule is Cc1ccc(C)c(C(C)NC(=O)C(C)N(c2ccc(F)c(F)c2)S(C)(=O)=O)c1. The Balaban J connectivity index is 2.31. The Morgan fingerprint density at radius 3 is 2.25 bits per heavy atom. The summed E-state index contributed by atoms with van der Waals surface area (Å²) < 4.78 is 52.1. The zero-order valence-corrected chi connectivity index (χ0v) is 17.3. The van der Waals surface area contributed by atoms with Crippen LogP contribution in [-0.2, 0) is 14.8 Å². The van der Waals surface area contributed by atoms with Gasteiger partial charge in [0, 0.05) is 6.07 Å². The van der Waals surface area contributed by atoms with Gasteiger partial charge in [0.1, 0.15) is 6.04 Å². The van der Waals surface area contributed by atoms with Gasteiger partial charge in [0.15, 0.2) is 11.6 Å². The third-order valence-corrected chi connectivity index (χ3v) is 5.75. The maximum absolute atomic E-state index is 13.6. The molecule has 2 rings (SSSR count). The van der Waals surface area contributed by atoms with Gasteiger partial charge in [0.05, 0.1) is 18.0 Å². The molecule has 0 saturated carbocycles. The highest BCUT2D eigenvalue weighted by molar-refractivity contribution is 7.92. The van der Waals surface area contributed by atoms with Crippen LogP contribution in [0.3, 0.4) is 0 Å². The fourth-order valence-electron chi connectivity index (χ4n) is 3.07. The van der Waals surface area contributed by atoms with Crippen LogP contribution in [0.25, 0.3) is 0 Å². The Kier molecular flexibility index (Phi) is 6.44. The Morgan fingerprint density at radius 2 is 1.68 bits per heavy atom. The van der Waals surface area contributed by atoms with Crippen molar-refractivity contribution in [2.75, 3.05) is 10.6 Å². The number of hydrogen-bond acceptors (Lipinski definition) is 3. The smallest absolute Gasteiger partial charge is 0.244 e. The molecule has 28 heavy (non-hydrogen) atoms. The number of hydrogen-bond donors (Lipinski definition) is 1. The van der Waals surface area contributed by atoms with Gasteiger partial charge in [-0.05, 0) is 51.0 Å². The first-order valence-corrected chi connectivity index (χ1v) is 10.6. The Bertz CT molecular complexity index is 993. The van der Waals surface area contributed by atoms with Crippen molar-refractivity contribution >= 4 is 21.6 Å². The summed E-state index contributed by atoms with van der Waals surface area (Å²) in [5.41, 5.74) is 2.82. The number of benzene rings is 2. The topological polar surface area (TPSA) is 66.5 Å². The number of anilines is 1. The molecule has 0 saturated heterocycles. The summed E-state index contributed by atoms with van der Waals surface area (Å²) in [6.45, 7) is 7.06. The Labute approximate surface area is 164 Å². The number of nitrogens with zero attached hydrogens (tertiary/aromatic N) is 1. The van der Waals surface area contributed by atoms with Gasteiger partial charge in [0.2, 0.25) is 15.9 Å². The minimum Gasteiger partial charge on any atom is -0.348 e. The molecule has 0 fully saturated rings. The zero-order valence-electron chi connectivity index (χ0n) is 16.5. The van der Waals surface area contributed by atoms with E-state index in [0.717, 1.165) is 45.5 Å². The van der Waals surface area contributed by atoms with Crippen LogP contribution in [0.2, 0.25) is 0 Å². The van der Waals surface area contributed by atoms with Crippen LogP contribution in [0.15, 0.2) is 36.4 Å². The van der Waals surface area contributed by atoms with Crippen molar-refractivity contribution < 1.29 is 22.0 Å². The monoisotopic (exact) mass is 410 g/mol. The lowest BCUT2D eigenvalue weighted by atomic mass is 10.00. The van der Waals surface area contributed by atoms with Gasteiger partial charge in [-0.15, -0.1) is 0 Å². The summed E-state index contributed by atoms with van der Waals surface area (Å²) in [7, 11) is -3.92. The highest BCUT2D eigenvalue weighted by Gasteiger charge is 2.30. The minimum atomic E-state index is -3.92. The van der Waals surface area contributed by atoms with Gasteiger partial charge in [-0.1, -0.05) is 23.8 Å². The molecule has 0 bridgehead atoms. The van der Waals surface area contributed by atoms with E-state index in [1.807, 2.05) is 32.0 Å². The summed E-state index contributed by atoms with van der Waals surface area (Å²) in [6.07, 6.45) is 0.909. The third kappa shape index (κ3) is 4.86. The number of nitrogens with one attached hydrogen (secondary N) is 1. The summed E-state index contributed by atoms with van der Waals surface area (Å²) in [6, 6.07) is 7.05. The van der Waals surface area contributed by atoms with Crippen molar-refractivity contribution in [3.63, 3.8) is 0 Å². The molecule has 2 unspecified atom stereocenters. The minimum absolute atomic E-state index is 0.122. The van der Waals surface area contributed by atoms with Crippen LogP contribution >= 0.6 is 0 Å². The lowest BCUT2D eigenvalue weighted by Gasteiger charge is -2.29. The fraction of sp³-hybridized carbons (Fsp3) is 0.350. The second-order valence-electron chi connectivity index (χ2n) is 6.92.